The van der Waals surface area contributed by atoms with Gasteiger partial charge < -0.3 is 4.90 Å². The molecule has 1 rings (SSSR count). The van der Waals surface area contributed by atoms with Gasteiger partial charge in [0.1, 0.15) is 0 Å². The van der Waals surface area contributed by atoms with Gasteiger partial charge in [-0.2, -0.15) is 13.2 Å². The second kappa shape index (κ2) is 4.77. The first-order valence-corrected chi connectivity index (χ1v) is 5.18. The predicted octanol–water partition coefficient (Wildman–Crippen LogP) is 3.19. The number of rotatable bonds is 2. The molecule has 17 heavy (non-hydrogen) atoms. The summed E-state index contributed by atoms with van der Waals surface area (Å²) < 4.78 is 37.4. The molecule has 5 heteroatoms. The Morgan fingerprint density at radius 3 is 2.35 bits per heavy atom. The maximum atomic E-state index is 12.5. The summed E-state index contributed by atoms with van der Waals surface area (Å²) in [6.07, 6.45) is -4.42. The summed E-state index contributed by atoms with van der Waals surface area (Å²) in [4.78, 5) is 13.2. The molecule has 0 fully saturated rings. The molecular formula is C12H14F3NO. The lowest BCUT2D eigenvalue weighted by molar-refractivity contribution is -0.137. The fourth-order valence-corrected chi connectivity index (χ4v) is 1.27. The first-order valence-electron chi connectivity index (χ1n) is 5.18. The molecule has 0 aromatic heterocycles. The summed E-state index contributed by atoms with van der Waals surface area (Å²) in [5, 5.41) is 0. The fourth-order valence-electron chi connectivity index (χ4n) is 1.27. The van der Waals surface area contributed by atoms with E-state index in [1.807, 2.05) is 0 Å². The molecule has 0 radical (unpaired) electrons. The first-order chi connectivity index (χ1) is 7.73. The number of amides is 1. The molecule has 0 saturated carbocycles. The van der Waals surface area contributed by atoms with E-state index in [1.165, 1.54) is 17.0 Å². The SMILES string of the molecule is CC(C)N(C)C(=O)c1cccc(C(F)(F)F)c1. The number of alkyl halides is 3. The van der Waals surface area contributed by atoms with E-state index in [0.29, 0.717) is 0 Å². The Kier molecular flexibility index (Phi) is 3.80. The number of hydrogen-bond acceptors (Lipinski definition) is 1. The van der Waals surface area contributed by atoms with Crippen molar-refractivity contribution in [3.05, 3.63) is 35.4 Å². The average Bonchev–Trinajstić information content (AvgIpc) is 2.26. The van der Waals surface area contributed by atoms with Crippen molar-refractivity contribution in [1.82, 2.24) is 4.90 Å². The van der Waals surface area contributed by atoms with Crippen LogP contribution in [-0.2, 0) is 6.18 Å². The van der Waals surface area contributed by atoms with Crippen LogP contribution in [0.1, 0.15) is 29.8 Å². The van der Waals surface area contributed by atoms with Crippen molar-refractivity contribution in [2.75, 3.05) is 7.05 Å². The second-order valence-corrected chi connectivity index (χ2v) is 4.09. The van der Waals surface area contributed by atoms with Gasteiger partial charge in [0.15, 0.2) is 0 Å². The topological polar surface area (TPSA) is 20.3 Å². The summed E-state index contributed by atoms with van der Waals surface area (Å²) in [6, 6.07) is 4.39. The molecule has 1 amide bonds. The Morgan fingerprint density at radius 2 is 1.88 bits per heavy atom. The summed E-state index contributed by atoms with van der Waals surface area (Å²) in [6.45, 7) is 3.59. The zero-order valence-electron chi connectivity index (χ0n) is 9.88. The Hall–Kier alpha value is -1.52. The molecule has 0 aliphatic heterocycles. The molecule has 0 bridgehead atoms. The largest absolute Gasteiger partial charge is 0.416 e. The van der Waals surface area contributed by atoms with Crippen molar-refractivity contribution < 1.29 is 18.0 Å². The van der Waals surface area contributed by atoms with Gasteiger partial charge >= 0.3 is 6.18 Å². The van der Waals surface area contributed by atoms with Crippen LogP contribution >= 0.6 is 0 Å². The number of carbonyl (C=O) groups excluding carboxylic acids is 1. The first kappa shape index (κ1) is 13.5. The van der Waals surface area contributed by atoms with Gasteiger partial charge in [0, 0.05) is 18.7 Å². The standard InChI is InChI=1S/C12H14F3NO/c1-8(2)16(3)11(17)9-5-4-6-10(7-9)12(13,14)15/h4-8H,1-3H3. The molecular weight excluding hydrogens is 231 g/mol. The molecule has 0 spiro atoms. The maximum absolute atomic E-state index is 12.5. The highest BCUT2D eigenvalue weighted by atomic mass is 19.4. The van der Waals surface area contributed by atoms with Crippen molar-refractivity contribution in [3.63, 3.8) is 0 Å². The van der Waals surface area contributed by atoms with Crippen LogP contribution in [0.5, 0.6) is 0 Å². The van der Waals surface area contributed by atoms with E-state index in [2.05, 4.69) is 0 Å². The Labute approximate surface area is 98.0 Å². The van der Waals surface area contributed by atoms with Crippen LogP contribution in [0.2, 0.25) is 0 Å². The summed E-state index contributed by atoms with van der Waals surface area (Å²) in [5.41, 5.74) is -0.753. The average molecular weight is 245 g/mol. The van der Waals surface area contributed by atoms with Gasteiger partial charge in [-0.05, 0) is 32.0 Å². The minimum absolute atomic E-state index is 0.0519. The lowest BCUT2D eigenvalue weighted by atomic mass is 10.1. The molecule has 1 aromatic carbocycles. The van der Waals surface area contributed by atoms with Gasteiger partial charge in [-0.15, -0.1) is 0 Å². The second-order valence-electron chi connectivity index (χ2n) is 4.09. The van der Waals surface area contributed by atoms with E-state index in [4.69, 9.17) is 0 Å². The molecule has 2 nitrogen and oxygen atoms in total. The number of benzene rings is 1. The molecule has 0 N–H and O–H groups in total. The fraction of sp³-hybridized carbons (Fsp3) is 0.417. The van der Waals surface area contributed by atoms with Gasteiger partial charge in [-0.25, -0.2) is 0 Å². The molecule has 0 heterocycles. The van der Waals surface area contributed by atoms with E-state index in [-0.39, 0.29) is 11.6 Å². The molecule has 0 atom stereocenters. The van der Waals surface area contributed by atoms with Gasteiger partial charge in [0.05, 0.1) is 5.56 Å². The van der Waals surface area contributed by atoms with Crippen LogP contribution in [0.25, 0.3) is 0 Å². The third kappa shape index (κ3) is 3.22. The zero-order valence-corrected chi connectivity index (χ0v) is 9.88. The zero-order chi connectivity index (χ0) is 13.2. The van der Waals surface area contributed by atoms with E-state index in [9.17, 15) is 18.0 Å². The number of nitrogens with zero attached hydrogens (tertiary/aromatic N) is 1. The third-order valence-corrected chi connectivity index (χ3v) is 2.53. The quantitative estimate of drug-likeness (QED) is 0.783. The van der Waals surface area contributed by atoms with Crippen LogP contribution in [0.15, 0.2) is 24.3 Å². The van der Waals surface area contributed by atoms with Crippen LogP contribution in [0.4, 0.5) is 13.2 Å². The van der Waals surface area contributed by atoms with Crippen molar-refractivity contribution in [2.45, 2.75) is 26.1 Å². The van der Waals surface area contributed by atoms with Crippen LogP contribution in [-0.4, -0.2) is 23.9 Å². The number of carbonyl (C=O) groups is 1. The van der Waals surface area contributed by atoms with Crippen molar-refractivity contribution in [2.24, 2.45) is 0 Å². The normalized spacial score (nSPS) is 11.7. The van der Waals surface area contributed by atoms with Gasteiger partial charge in [-0.1, -0.05) is 6.07 Å². The summed E-state index contributed by atoms with van der Waals surface area (Å²) in [7, 11) is 1.56. The van der Waals surface area contributed by atoms with Crippen LogP contribution in [0, 0.1) is 0 Å². The number of halogens is 3. The van der Waals surface area contributed by atoms with Crippen LogP contribution < -0.4 is 0 Å². The van der Waals surface area contributed by atoms with Crippen molar-refractivity contribution >= 4 is 5.91 Å². The summed E-state index contributed by atoms with van der Waals surface area (Å²) in [5.74, 6) is -0.411. The molecule has 0 unspecified atom stereocenters. The minimum Gasteiger partial charge on any atom is -0.339 e. The summed E-state index contributed by atoms with van der Waals surface area (Å²) >= 11 is 0. The third-order valence-electron chi connectivity index (χ3n) is 2.53. The van der Waals surface area contributed by atoms with Gasteiger partial charge in [0.2, 0.25) is 0 Å². The maximum Gasteiger partial charge on any atom is 0.416 e. The monoisotopic (exact) mass is 245 g/mol. The predicted molar refractivity (Wildman–Crippen MR) is 58.7 cm³/mol. The van der Waals surface area contributed by atoms with E-state index >= 15 is 0 Å². The highest BCUT2D eigenvalue weighted by Gasteiger charge is 2.31. The van der Waals surface area contributed by atoms with Crippen LogP contribution in [0.3, 0.4) is 0 Å². The van der Waals surface area contributed by atoms with Crippen molar-refractivity contribution in [3.8, 4) is 0 Å². The Morgan fingerprint density at radius 1 is 1.29 bits per heavy atom. The molecule has 0 aliphatic rings. The van der Waals surface area contributed by atoms with E-state index in [0.717, 1.165) is 12.1 Å². The molecule has 1 aromatic rings. The Bertz CT molecular complexity index is 412. The molecule has 0 saturated heterocycles. The minimum atomic E-state index is -4.42. The van der Waals surface area contributed by atoms with Gasteiger partial charge in [0.25, 0.3) is 5.91 Å². The van der Waals surface area contributed by atoms with Crippen molar-refractivity contribution in [1.29, 1.82) is 0 Å². The molecule has 0 aliphatic carbocycles. The highest BCUT2D eigenvalue weighted by Crippen LogP contribution is 2.29. The van der Waals surface area contributed by atoms with E-state index in [1.54, 1.807) is 20.9 Å². The molecule has 94 valence electrons. The lowest BCUT2D eigenvalue weighted by Crippen LogP contribution is -2.33. The van der Waals surface area contributed by atoms with Gasteiger partial charge in [-0.3, -0.25) is 4.79 Å². The van der Waals surface area contributed by atoms with E-state index < -0.39 is 17.6 Å². The lowest BCUT2D eigenvalue weighted by Gasteiger charge is -2.21. The Balaban J connectivity index is 3.04. The smallest absolute Gasteiger partial charge is 0.339 e. The highest BCUT2D eigenvalue weighted by molar-refractivity contribution is 5.94. The number of hydrogen-bond donors (Lipinski definition) is 0.